The Labute approximate surface area is 144 Å². The van der Waals surface area contributed by atoms with Crippen molar-refractivity contribution < 1.29 is 4.79 Å². The Morgan fingerprint density at radius 3 is 1.92 bits per heavy atom. The molecule has 3 rings (SSSR count). The smallest absolute Gasteiger partial charge is 0.122 e. The van der Waals surface area contributed by atoms with Crippen LogP contribution < -0.4 is 0 Å². The molecular formula is C22H23NO. The van der Waals surface area contributed by atoms with Crippen LogP contribution in [0.4, 0.5) is 0 Å². The molecule has 2 nitrogen and oxygen atoms in total. The summed E-state index contributed by atoms with van der Waals surface area (Å²) < 4.78 is 0. The molecule has 0 amide bonds. The van der Waals surface area contributed by atoms with Gasteiger partial charge in [-0.05, 0) is 17.5 Å². The third-order valence-corrected chi connectivity index (χ3v) is 4.62. The minimum atomic E-state index is -0.248. The van der Waals surface area contributed by atoms with Gasteiger partial charge in [-0.15, -0.1) is 0 Å². The van der Waals surface area contributed by atoms with E-state index in [4.69, 9.17) is 0 Å². The van der Waals surface area contributed by atoms with Crippen molar-refractivity contribution in [1.82, 2.24) is 4.90 Å². The molecule has 0 radical (unpaired) electrons. The van der Waals surface area contributed by atoms with Crippen LogP contribution >= 0.6 is 0 Å². The standard InChI is InChI=1S/C22H23NO/c24-17-16-22(14-8-3-9-15-22)23(18-20-10-4-1-5-11-20)19-21-12-6-2-7-13-21/h1-14,17H,15-16,18-19H2/t22-/m0/s1. The first-order chi connectivity index (χ1) is 11.8. The Balaban J connectivity index is 1.92. The second kappa shape index (κ2) is 7.89. The molecular weight excluding hydrogens is 294 g/mol. The van der Waals surface area contributed by atoms with Gasteiger partial charge in [0.15, 0.2) is 0 Å². The average Bonchev–Trinajstić information content (AvgIpc) is 2.64. The zero-order valence-electron chi connectivity index (χ0n) is 13.8. The zero-order valence-corrected chi connectivity index (χ0v) is 13.8. The highest BCUT2D eigenvalue weighted by Crippen LogP contribution is 2.31. The second-order valence-corrected chi connectivity index (χ2v) is 6.29. The van der Waals surface area contributed by atoms with Gasteiger partial charge in [0, 0.05) is 19.5 Å². The molecule has 1 aliphatic rings. The number of rotatable bonds is 7. The number of aldehydes is 1. The summed E-state index contributed by atoms with van der Waals surface area (Å²) in [5, 5.41) is 0. The summed E-state index contributed by atoms with van der Waals surface area (Å²) in [6.45, 7) is 1.64. The van der Waals surface area contributed by atoms with Crippen LogP contribution in [0.15, 0.2) is 85.0 Å². The Hall–Kier alpha value is -2.45. The maximum Gasteiger partial charge on any atom is 0.122 e. The van der Waals surface area contributed by atoms with Crippen molar-refractivity contribution in [1.29, 1.82) is 0 Å². The molecule has 2 aromatic rings. The van der Waals surface area contributed by atoms with E-state index in [0.717, 1.165) is 25.8 Å². The fraction of sp³-hybridized carbons (Fsp3) is 0.227. The molecule has 2 aromatic carbocycles. The van der Waals surface area contributed by atoms with Gasteiger partial charge < -0.3 is 4.79 Å². The van der Waals surface area contributed by atoms with E-state index in [9.17, 15) is 4.79 Å². The Kier molecular flexibility index (Phi) is 5.39. The first kappa shape index (κ1) is 16.4. The van der Waals surface area contributed by atoms with Gasteiger partial charge in [0.2, 0.25) is 0 Å². The minimum Gasteiger partial charge on any atom is -0.303 e. The molecule has 0 N–H and O–H groups in total. The molecule has 1 aliphatic carbocycles. The van der Waals surface area contributed by atoms with E-state index in [1.54, 1.807) is 0 Å². The predicted molar refractivity (Wildman–Crippen MR) is 98.4 cm³/mol. The van der Waals surface area contributed by atoms with Gasteiger partial charge in [0.25, 0.3) is 0 Å². The topological polar surface area (TPSA) is 20.3 Å². The largest absolute Gasteiger partial charge is 0.303 e. The Morgan fingerprint density at radius 2 is 1.46 bits per heavy atom. The summed E-state index contributed by atoms with van der Waals surface area (Å²) in [7, 11) is 0. The number of nitrogens with zero attached hydrogens (tertiary/aromatic N) is 1. The third-order valence-electron chi connectivity index (χ3n) is 4.62. The van der Waals surface area contributed by atoms with Crippen molar-refractivity contribution >= 4 is 6.29 Å². The Morgan fingerprint density at radius 1 is 0.875 bits per heavy atom. The van der Waals surface area contributed by atoms with Crippen molar-refractivity contribution in [2.45, 2.75) is 31.5 Å². The van der Waals surface area contributed by atoms with Crippen molar-refractivity contribution in [3.05, 3.63) is 96.1 Å². The molecule has 24 heavy (non-hydrogen) atoms. The normalized spacial score (nSPS) is 19.5. The van der Waals surface area contributed by atoms with Crippen LogP contribution in [0.25, 0.3) is 0 Å². The number of allylic oxidation sites excluding steroid dienone is 2. The summed E-state index contributed by atoms with van der Waals surface area (Å²) in [6.07, 6.45) is 10.9. The number of benzene rings is 2. The van der Waals surface area contributed by atoms with E-state index in [0.29, 0.717) is 6.42 Å². The first-order valence-corrected chi connectivity index (χ1v) is 8.43. The number of hydrogen-bond acceptors (Lipinski definition) is 2. The van der Waals surface area contributed by atoms with Crippen LogP contribution in [0.3, 0.4) is 0 Å². The lowest BCUT2D eigenvalue weighted by atomic mass is 9.85. The SMILES string of the molecule is O=CC[C@]1(N(Cc2ccccc2)Cc2ccccc2)C=CC=CC1. The maximum absolute atomic E-state index is 11.4. The number of hydrogen-bond donors (Lipinski definition) is 0. The van der Waals surface area contributed by atoms with Crippen molar-refractivity contribution in [3.63, 3.8) is 0 Å². The van der Waals surface area contributed by atoms with Gasteiger partial charge in [-0.25, -0.2) is 0 Å². The van der Waals surface area contributed by atoms with Crippen LogP contribution in [0.1, 0.15) is 24.0 Å². The zero-order chi connectivity index (χ0) is 16.7. The molecule has 1 atom stereocenters. The van der Waals surface area contributed by atoms with Gasteiger partial charge in [-0.1, -0.05) is 85.0 Å². The predicted octanol–water partition coefficient (Wildman–Crippen LogP) is 4.53. The van der Waals surface area contributed by atoms with Crippen LogP contribution in [0.2, 0.25) is 0 Å². The van der Waals surface area contributed by atoms with Crippen LogP contribution in [-0.2, 0) is 17.9 Å². The van der Waals surface area contributed by atoms with E-state index >= 15 is 0 Å². The fourth-order valence-electron chi connectivity index (χ4n) is 3.29. The first-order valence-electron chi connectivity index (χ1n) is 8.43. The molecule has 0 saturated carbocycles. The summed E-state index contributed by atoms with van der Waals surface area (Å²) in [5.41, 5.74) is 2.28. The third kappa shape index (κ3) is 3.90. The van der Waals surface area contributed by atoms with Gasteiger partial charge in [-0.3, -0.25) is 4.90 Å². The second-order valence-electron chi connectivity index (χ2n) is 6.29. The number of carbonyl (C=O) groups excluding carboxylic acids is 1. The maximum atomic E-state index is 11.4. The van der Waals surface area contributed by atoms with Crippen LogP contribution in [0, 0.1) is 0 Å². The number of carbonyl (C=O) groups is 1. The molecule has 0 spiro atoms. The monoisotopic (exact) mass is 317 g/mol. The van der Waals surface area contributed by atoms with Gasteiger partial charge in [-0.2, -0.15) is 0 Å². The lowest BCUT2D eigenvalue weighted by Gasteiger charge is -2.42. The molecule has 0 aromatic heterocycles. The molecule has 0 unspecified atom stereocenters. The molecule has 0 heterocycles. The molecule has 2 heteroatoms. The average molecular weight is 317 g/mol. The molecule has 122 valence electrons. The molecule has 0 bridgehead atoms. The quantitative estimate of drug-likeness (QED) is 0.699. The lowest BCUT2D eigenvalue weighted by molar-refractivity contribution is -0.110. The lowest BCUT2D eigenvalue weighted by Crippen LogP contribution is -2.47. The summed E-state index contributed by atoms with van der Waals surface area (Å²) in [4.78, 5) is 13.8. The molecule has 0 fully saturated rings. The summed E-state index contributed by atoms with van der Waals surface area (Å²) >= 11 is 0. The highest BCUT2D eigenvalue weighted by Gasteiger charge is 2.34. The van der Waals surface area contributed by atoms with Gasteiger partial charge in [0.1, 0.15) is 6.29 Å². The van der Waals surface area contributed by atoms with E-state index < -0.39 is 0 Å². The van der Waals surface area contributed by atoms with E-state index in [-0.39, 0.29) is 5.54 Å². The van der Waals surface area contributed by atoms with Crippen molar-refractivity contribution in [2.24, 2.45) is 0 Å². The minimum absolute atomic E-state index is 0.248. The highest BCUT2D eigenvalue weighted by molar-refractivity contribution is 5.54. The van der Waals surface area contributed by atoms with E-state index in [2.05, 4.69) is 77.7 Å². The van der Waals surface area contributed by atoms with Crippen LogP contribution in [-0.4, -0.2) is 16.7 Å². The van der Waals surface area contributed by atoms with Crippen molar-refractivity contribution in [3.8, 4) is 0 Å². The van der Waals surface area contributed by atoms with Gasteiger partial charge in [0.05, 0.1) is 5.54 Å². The van der Waals surface area contributed by atoms with Crippen molar-refractivity contribution in [2.75, 3.05) is 0 Å². The van der Waals surface area contributed by atoms with E-state index in [1.807, 2.05) is 12.1 Å². The molecule has 0 saturated heterocycles. The fourth-order valence-corrected chi connectivity index (χ4v) is 3.29. The Bertz CT molecular complexity index is 660. The van der Waals surface area contributed by atoms with Crippen LogP contribution in [0.5, 0.6) is 0 Å². The summed E-state index contributed by atoms with van der Waals surface area (Å²) in [5.74, 6) is 0. The van der Waals surface area contributed by atoms with E-state index in [1.165, 1.54) is 11.1 Å². The molecule has 0 aliphatic heterocycles. The summed E-state index contributed by atoms with van der Waals surface area (Å²) in [6, 6.07) is 20.9. The highest BCUT2D eigenvalue weighted by atomic mass is 16.1. The van der Waals surface area contributed by atoms with Gasteiger partial charge >= 0.3 is 0 Å².